The third-order valence-electron chi connectivity index (χ3n) is 4.50. The Morgan fingerprint density at radius 3 is 2.04 bits per heavy atom. The van der Waals surface area contributed by atoms with Crippen molar-refractivity contribution < 1.29 is 16.8 Å². The van der Waals surface area contributed by atoms with Crippen molar-refractivity contribution in [3.8, 4) is 0 Å². The topological polar surface area (TPSA) is 74.8 Å². The van der Waals surface area contributed by atoms with Crippen LogP contribution < -0.4 is 0 Å². The number of hydrogen-bond acceptors (Lipinski definition) is 4. The molecule has 0 saturated carbocycles. The van der Waals surface area contributed by atoms with Crippen LogP contribution in [0.3, 0.4) is 0 Å². The first-order valence-electron chi connectivity index (χ1n) is 8.24. The zero-order valence-electron chi connectivity index (χ0n) is 14.9. The molecule has 1 aliphatic heterocycles. The summed E-state index contributed by atoms with van der Waals surface area (Å²) in [6.07, 6.45) is 0.217. The maximum atomic E-state index is 13.3. The zero-order chi connectivity index (χ0) is 19.1. The number of benzene rings is 2. The van der Waals surface area contributed by atoms with Crippen LogP contribution in [0.2, 0.25) is 0 Å². The highest BCUT2D eigenvalue weighted by atomic mass is 32.2. The fourth-order valence-electron chi connectivity index (χ4n) is 3.33. The lowest BCUT2D eigenvalue weighted by Crippen LogP contribution is -2.38. The van der Waals surface area contributed by atoms with Crippen LogP contribution in [0.5, 0.6) is 0 Å². The van der Waals surface area contributed by atoms with Crippen molar-refractivity contribution in [2.75, 3.05) is 12.8 Å². The second-order valence-corrected chi connectivity index (χ2v) is 10.4. The molecule has 0 N–H and O–H groups in total. The van der Waals surface area contributed by atoms with E-state index < -0.39 is 32.3 Å². The predicted molar refractivity (Wildman–Crippen MR) is 100 cm³/mol. The average Bonchev–Trinajstić information content (AvgIpc) is 2.94. The van der Waals surface area contributed by atoms with Gasteiger partial charge in [-0.2, -0.15) is 8.61 Å². The Balaban J connectivity index is 2.14. The Morgan fingerprint density at radius 1 is 0.923 bits per heavy atom. The van der Waals surface area contributed by atoms with Crippen LogP contribution in [0.4, 0.5) is 0 Å². The van der Waals surface area contributed by atoms with E-state index in [1.807, 2.05) is 13.0 Å². The molecule has 0 bridgehead atoms. The Bertz CT molecular complexity index is 987. The van der Waals surface area contributed by atoms with E-state index in [2.05, 4.69) is 0 Å². The molecule has 0 radical (unpaired) electrons. The highest BCUT2D eigenvalue weighted by molar-refractivity contribution is 7.89. The van der Waals surface area contributed by atoms with Crippen molar-refractivity contribution in [3.05, 3.63) is 65.7 Å². The Hall–Kier alpha value is -1.74. The molecule has 1 saturated heterocycles. The molecule has 0 spiro atoms. The van der Waals surface area contributed by atoms with Crippen molar-refractivity contribution >= 4 is 20.0 Å². The molecule has 6 nitrogen and oxygen atoms in total. The van der Waals surface area contributed by atoms with Crippen molar-refractivity contribution in [1.82, 2.24) is 8.61 Å². The largest absolute Gasteiger partial charge is 0.244 e. The smallest absolute Gasteiger partial charge is 0.212 e. The number of rotatable bonds is 4. The molecule has 0 aliphatic carbocycles. The number of sulfonamides is 2. The molecule has 0 amide bonds. The molecule has 140 valence electrons. The maximum absolute atomic E-state index is 13.3. The van der Waals surface area contributed by atoms with Gasteiger partial charge in [-0.1, -0.05) is 48.0 Å². The SMILES string of the molecule is Cc1ccc(S(=O)(=O)N2C[C@H](C)N(S(C)(=O)=O)[C@@H]2c2ccccc2)cc1. The van der Waals surface area contributed by atoms with Crippen molar-refractivity contribution in [3.63, 3.8) is 0 Å². The van der Waals surface area contributed by atoms with Gasteiger partial charge in [0.2, 0.25) is 20.0 Å². The summed E-state index contributed by atoms with van der Waals surface area (Å²) in [4.78, 5) is 0.159. The van der Waals surface area contributed by atoms with Crippen LogP contribution in [0.1, 0.15) is 24.2 Å². The van der Waals surface area contributed by atoms with Crippen molar-refractivity contribution in [2.45, 2.75) is 31.0 Å². The van der Waals surface area contributed by atoms with Crippen LogP contribution in [0.25, 0.3) is 0 Å². The predicted octanol–water partition coefficient (Wildman–Crippen LogP) is 2.35. The summed E-state index contributed by atoms with van der Waals surface area (Å²) >= 11 is 0. The van der Waals surface area contributed by atoms with E-state index in [-0.39, 0.29) is 11.4 Å². The van der Waals surface area contributed by atoms with E-state index in [0.717, 1.165) is 11.8 Å². The molecule has 0 aromatic heterocycles. The summed E-state index contributed by atoms with van der Waals surface area (Å²) in [5.74, 6) is 0. The van der Waals surface area contributed by atoms with Gasteiger partial charge in [0, 0.05) is 12.6 Å². The van der Waals surface area contributed by atoms with Gasteiger partial charge in [-0.25, -0.2) is 16.8 Å². The molecule has 1 aliphatic rings. The van der Waals surface area contributed by atoms with Crippen molar-refractivity contribution in [1.29, 1.82) is 0 Å². The van der Waals surface area contributed by atoms with E-state index >= 15 is 0 Å². The van der Waals surface area contributed by atoms with Gasteiger partial charge < -0.3 is 0 Å². The molecule has 0 unspecified atom stereocenters. The molecule has 2 atom stereocenters. The summed E-state index contributed by atoms with van der Waals surface area (Å²) in [7, 11) is -7.46. The van der Waals surface area contributed by atoms with Crippen LogP contribution in [-0.4, -0.2) is 44.3 Å². The lowest BCUT2D eigenvalue weighted by molar-refractivity contribution is 0.277. The number of hydrogen-bond donors (Lipinski definition) is 0. The third-order valence-corrected chi connectivity index (χ3v) is 7.66. The minimum absolute atomic E-state index is 0.100. The fraction of sp³-hybridized carbons (Fsp3) is 0.333. The fourth-order valence-corrected chi connectivity index (χ4v) is 6.36. The molecule has 1 heterocycles. The monoisotopic (exact) mass is 394 g/mol. The number of aryl methyl sites for hydroxylation is 1. The van der Waals surface area contributed by atoms with E-state index in [9.17, 15) is 16.8 Å². The Morgan fingerprint density at radius 2 is 1.50 bits per heavy atom. The summed E-state index contributed by atoms with van der Waals surface area (Å²) in [6.45, 7) is 3.71. The highest BCUT2D eigenvalue weighted by Crippen LogP contribution is 2.39. The molecule has 26 heavy (non-hydrogen) atoms. The van der Waals surface area contributed by atoms with Gasteiger partial charge in [-0.3, -0.25) is 0 Å². The van der Waals surface area contributed by atoms with Crippen LogP contribution in [0, 0.1) is 6.92 Å². The second kappa shape index (κ2) is 6.77. The van der Waals surface area contributed by atoms with Crippen molar-refractivity contribution in [2.24, 2.45) is 0 Å². The first-order valence-corrected chi connectivity index (χ1v) is 11.5. The molecule has 8 heteroatoms. The summed E-state index contributed by atoms with van der Waals surface area (Å²) < 4.78 is 53.8. The molecular weight excluding hydrogens is 372 g/mol. The second-order valence-electron chi connectivity index (χ2n) is 6.61. The minimum atomic E-state index is -3.85. The van der Waals surface area contributed by atoms with Gasteiger partial charge >= 0.3 is 0 Å². The first-order chi connectivity index (χ1) is 12.1. The maximum Gasteiger partial charge on any atom is 0.244 e. The summed E-state index contributed by atoms with van der Waals surface area (Å²) in [5, 5.41) is 0. The normalized spacial score (nSPS) is 22.6. The molecular formula is C18H22N2O4S2. The van der Waals surface area contributed by atoms with E-state index in [0.29, 0.717) is 5.56 Å². The van der Waals surface area contributed by atoms with E-state index in [1.165, 1.54) is 8.61 Å². The van der Waals surface area contributed by atoms with Gasteiger partial charge in [0.25, 0.3) is 0 Å². The molecule has 2 aromatic rings. The van der Waals surface area contributed by atoms with Gasteiger partial charge in [-0.15, -0.1) is 0 Å². The van der Waals surface area contributed by atoms with E-state index in [4.69, 9.17) is 0 Å². The third kappa shape index (κ3) is 3.42. The van der Waals surface area contributed by atoms with Gasteiger partial charge in [0.05, 0.1) is 11.2 Å². The van der Waals surface area contributed by atoms with Crippen LogP contribution in [0.15, 0.2) is 59.5 Å². The minimum Gasteiger partial charge on any atom is -0.212 e. The van der Waals surface area contributed by atoms with Crippen LogP contribution in [-0.2, 0) is 20.0 Å². The summed E-state index contributed by atoms with van der Waals surface area (Å²) in [6, 6.07) is 15.0. The van der Waals surface area contributed by atoms with Crippen LogP contribution >= 0.6 is 0 Å². The number of nitrogens with zero attached hydrogens (tertiary/aromatic N) is 2. The lowest BCUT2D eigenvalue weighted by Gasteiger charge is -2.29. The first kappa shape index (κ1) is 19.0. The zero-order valence-corrected chi connectivity index (χ0v) is 16.5. The molecule has 1 fully saturated rings. The Kier molecular flexibility index (Phi) is 4.96. The average molecular weight is 395 g/mol. The molecule has 3 rings (SSSR count). The highest BCUT2D eigenvalue weighted by Gasteiger charge is 2.48. The van der Waals surface area contributed by atoms with Gasteiger partial charge in [-0.05, 0) is 31.5 Å². The van der Waals surface area contributed by atoms with E-state index in [1.54, 1.807) is 55.5 Å². The molecule has 2 aromatic carbocycles. The van der Waals surface area contributed by atoms with Gasteiger partial charge in [0.1, 0.15) is 6.17 Å². The standard InChI is InChI=1S/C18H22N2O4S2/c1-14-9-11-17(12-10-14)26(23,24)19-13-15(2)20(25(3,21)22)18(19)16-7-5-4-6-8-16/h4-12,15,18H,13H2,1-3H3/t15-,18+/m0/s1. The Labute approximate surface area is 155 Å². The quantitative estimate of drug-likeness (QED) is 0.798. The van der Waals surface area contributed by atoms with Gasteiger partial charge in [0.15, 0.2) is 0 Å². The summed E-state index contributed by atoms with van der Waals surface area (Å²) in [5.41, 5.74) is 1.58. The lowest BCUT2D eigenvalue weighted by atomic mass is 10.2.